The van der Waals surface area contributed by atoms with Crippen LogP contribution in [0.2, 0.25) is 0 Å². The van der Waals surface area contributed by atoms with Crippen molar-refractivity contribution in [2.24, 2.45) is 0 Å². The minimum absolute atomic E-state index is 0.102. The molecule has 3 heteroatoms. The Morgan fingerprint density at radius 2 is 1.81 bits per heavy atom. The Kier molecular flexibility index (Phi) is 3.46. The largest absolute Gasteiger partial charge is 0.399 e. The molecule has 1 aromatic carbocycles. The minimum atomic E-state index is -0.102. The van der Waals surface area contributed by atoms with Crippen molar-refractivity contribution in [2.45, 2.75) is 31.9 Å². The molecule has 0 aliphatic carbocycles. The first-order valence-corrected chi connectivity index (χ1v) is 5.94. The molecule has 1 atom stereocenters. The molecular formula is C13H20N2O. The number of aliphatic hydroxyl groups excluding tert-OH is 1. The summed E-state index contributed by atoms with van der Waals surface area (Å²) in [6.45, 7) is 4.17. The van der Waals surface area contributed by atoms with Crippen LogP contribution in [0.1, 0.15) is 31.4 Å². The van der Waals surface area contributed by atoms with E-state index in [-0.39, 0.29) is 6.10 Å². The molecule has 2 rings (SSSR count). The summed E-state index contributed by atoms with van der Waals surface area (Å²) in [6, 6.07) is 8.49. The molecule has 88 valence electrons. The molecule has 1 heterocycles. The van der Waals surface area contributed by atoms with Crippen molar-refractivity contribution >= 4 is 5.69 Å². The zero-order valence-corrected chi connectivity index (χ0v) is 9.76. The maximum atomic E-state index is 9.47. The van der Waals surface area contributed by atoms with Gasteiger partial charge in [0.15, 0.2) is 0 Å². The zero-order valence-electron chi connectivity index (χ0n) is 9.76. The Bertz CT molecular complexity index is 328. The van der Waals surface area contributed by atoms with Gasteiger partial charge in [-0.1, -0.05) is 12.1 Å². The Hall–Kier alpha value is -1.06. The fraction of sp³-hybridized carbons (Fsp3) is 0.538. The summed E-state index contributed by atoms with van der Waals surface area (Å²) >= 11 is 0. The first-order valence-electron chi connectivity index (χ1n) is 5.94. The highest BCUT2D eigenvalue weighted by atomic mass is 16.3. The van der Waals surface area contributed by atoms with E-state index in [0.29, 0.717) is 6.04 Å². The molecular weight excluding hydrogens is 200 g/mol. The van der Waals surface area contributed by atoms with E-state index < -0.39 is 0 Å². The highest BCUT2D eigenvalue weighted by Crippen LogP contribution is 2.24. The summed E-state index contributed by atoms with van der Waals surface area (Å²) < 4.78 is 0. The lowest BCUT2D eigenvalue weighted by Crippen LogP contribution is -2.37. The molecule has 0 spiro atoms. The van der Waals surface area contributed by atoms with Crippen LogP contribution in [0.25, 0.3) is 0 Å². The number of rotatable bonds is 2. The summed E-state index contributed by atoms with van der Waals surface area (Å²) in [5.74, 6) is 0. The molecule has 0 bridgehead atoms. The van der Waals surface area contributed by atoms with Gasteiger partial charge in [-0.15, -0.1) is 0 Å². The maximum absolute atomic E-state index is 9.47. The number of nitrogens with two attached hydrogens (primary N) is 1. The van der Waals surface area contributed by atoms with Gasteiger partial charge in [-0.3, -0.25) is 4.90 Å². The summed E-state index contributed by atoms with van der Waals surface area (Å²) in [6.07, 6.45) is 1.67. The monoisotopic (exact) mass is 220 g/mol. The van der Waals surface area contributed by atoms with Crippen molar-refractivity contribution in [3.8, 4) is 0 Å². The number of anilines is 1. The first-order chi connectivity index (χ1) is 7.66. The van der Waals surface area contributed by atoms with E-state index >= 15 is 0 Å². The third-order valence-corrected chi connectivity index (χ3v) is 3.47. The van der Waals surface area contributed by atoms with E-state index in [9.17, 15) is 5.11 Å². The van der Waals surface area contributed by atoms with E-state index in [2.05, 4.69) is 24.0 Å². The van der Waals surface area contributed by atoms with Gasteiger partial charge in [-0.25, -0.2) is 0 Å². The smallest absolute Gasteiger partial charge is 0.0564 e. The normalized spacial score (nSPS) is 20.9. The Morgan fingerprint density at radius 1 is 1.25 bits per heavy atom. The average molecular weight is 220 g/mol. The van der Waals surface area contributed by atoms with Crippen LogP contribution in [-0.2, 0) is 0 Å². The summed E-state index contributed by atoms with van der Waals surface area (Å²) in [5, 5.41) is 9.47. The molecule has 1 unspecified atom stereocenters. The van der Waals surface area contributed by atoms with E-state index in [1.165, 1.54) is 5.56 Å². The maximum Gasteiger partial charge on any atom is 0.0564 e. The minimum Gasteiger partial charge on any atom is -0.399 e. The Labute approximate surface area is 96.9 Å². The van der Waals surface area contributed by atoms with Crippen molar-refractivity contribution in [1.82, 2.24) is 4.90 Å². The molecule has 1 aliphatic heterocycles. The van der Waals surface area contributed by atoms with Crippen molar-refractivity contribution in [3.05, 3.63) is 29.8 Å². The van der Waals surface area contributed by atoms with Gasteiger partial charge in [0.05, 0.1) is 6.10 Å². The molecule has 1 aromatic rings. The highest BCUT2D eigenvalue weighted by molar-refractivity contribution is 5.40. The van der Waals surface area contributed by atoms with Gasteiger partial charge >= 0.3 is 0 Å². The van der Waals surface area contributed by atoms with E-state index in [4.69, 9.17) is 5.73 Å². The molecule has 1 aliphatic rings. The molecule has 1 saturated heterocycles. The van der Waals surface area contributed by atoms with Crippen LogP contribution in [0.3, 0.4) is 0 Å². The quantitative estimate of drug-likeness (QED) is 0.747. The molecule has 0 radical (unpaired) electrons. The predicted octanol–water partition coefficient (Wildman–Crippen LogP) is 1.79. The van der Waals surface area contributed by atoms with Crippen molar-refractivity contribution in [1.29, 1.82) is 0 Å². The van der Waals surface area contributed by atoms with Crippen LogP contribution < -0.4 is 5.73 Å². The molecule has 0 saturated carbocycles. The number of hydrogen-bond acceptors (Lipinski definition) is 3. The van der Waals surface area contributed by atoms with Crippen molar-refractivity contribution in [3.63, 3.8) is 0 Å². The van der Waals surface area contributed by atoms with Crippen molar-refractivity contribution in [2.75, 3.05) is 18.8 Å². The number of nitrogens with zero attached hydrogens (tertiary/aromatic N) is 1. The number of aliphatic hydroxyl groups is 1. The number of nitrogen functional groups attached to an aromatic ring is 1. The highest BCUT2D eigenvalue weighted by Gasteiger charge is 2.21. The first kappa shape index (κ1) is 11.4. The topological polar surface area (TPSA) is 49.5 Å². The Morgan fingerprint density at radius 3 is 2.38 bits per heavy atom. The number of likely N-dealkylation sites (tertiary alicyclic amines) is 1. The fourth-order valence-corrected chi connectivity index (χ4v) is 2.26. The van der Waals surface area contributed by atoms with Crippen LogP contribution in [0.15, 0.2) is 24.3 Å². The molecule has 16 heavy (non-hydrogen) atoms. The van der Waals surface area contributed by atoms with Crippen LogP contribution in [0.4, 0.5) is 5.69 Å². The van der Waals surface area contributed by atoms with Gasteiger partial charge in [0.1, 0.15) is 0 Å². The summed E-state index contributed by atoms with van der Waals surface area (Å²) in [7, 11) is 0. The number of piperidine rings is 1. The zero-order chi connectivity index (χ0) is 11.5. The van der Waals surface area contributed by atoms with Gasteiger partial charge in [-0.05, 0) is 37.5 Å². The molecule has 3 nitrogen and oxygen atoms in total. The number of benzene rings is 1. The molecule has 0 aromatic heterocycles. The van der Waals surface area contributed by atoms with Crippen LogP contribution in [0, 0.1) is 0 Å². The van der Waals surface area contributed by atoms with Gasteiger partial charge in [0.25, 0.3) is 0 Å². The lowest BCUT2D eigenvalue weighted by molar-refractivity contribution is 0.0645. The fourth-order valence-electron chi connectivity index (χ4n) is 2.26. The molecule has 0 amide bonds. The SMILES string of the molecule is CC(c1ccc(N)cc1)N1CCC(O)CC1. The lowest BCUT2D eigenvalue weighted by atomic mass is 10.0. The van der Waals surface area contributed by atoms with E-state index in [1.807, 2.05) is 12.1 Å². The van der Waals surface area contributed by atoms with E-state index in [1.54, 1.807) is 0 Å². The third kappa shape index (κ3) is 2.54. The Balaban J connectivity index is 2.01. The second-order valence-corrected chi connectivity index (χ2v) is 4.61. The van der Waals surface area contributed by atoms with Crippen molar-refractivity contribution < 1.29 is 5.11 Å². The number of hydrogen-bond donors (Lipinski definition) is 2. The lowest BCUT2D eigenvalue weighted by Gasteiger charge is -2.34. The summed E-state index contributed by atoms with van der Waals surface area (Å²) in [4.78, 5) is 2.41. The van der Waals surface area contributed by atoms with Crippen LogP contribution in [-0.4, -0.2) is 29.2 Å². The second-order valence-electron chi connectivity index (χ2n) is 4.61. The van der Waals surface area contributed by atoms with Gasteiger partial charge in [0.2, 0.25) is 0 Å². The van der Waals surface area contributed by atoms with Gasteiger partial charge in [0, 0.05) is 24.8 Å². The van der Waals surface area contributed by atoms with Crippen LogP contribution in [0.5, 0.6) is 0 Å². The average Bonchev–Trinajstić information content (AvgIpc) is 2.30. The molecule has 3 N–H and O–H groups in total. The van der Waals surface area contributed by atoms with Gasteiger partial charge in [-0.2, -0.15) is 0 Å². The van der Waals surface area contributed by atoms with Crippen LogP contribution >= 0.6 is 0 Å². The third-order valence-electron chi connectivity index (χ3n) is 3.47. The standard InChI is InChI=1S/C13H20N2O/c1-10(11-2-4-12(14)5-3-11)15-8-6-13(16)7-9-15/h2-5,10,13,16H,6-9,14H2,1H3. The second kappa shape index (κ2) is 4.85. The summed E-state index contributed by atoms with van der Waals surface area (Å²) in [5.41, 5.74) is 7.78. The van der Waals surface area contributed by atoms with Gasteiger partial charge < -0.3 is 10.8 Å². The predicted molar refractivity (Wildman–Crippen MR) is 66.1 cm³/mol. The van der Waals surface area contributed by atoms with E-state index in [0.717, 1.165) is 31.6 Å². The molecule has 1 fully saturated rings.